The summed E-state index contributed by atoms with van der Waals surface area (Å²) in [4.78, 5) is 13.2. The van der Waals surface area contributed by atoms with Crippen LogP contribution >= 0.6 is 0 Å². The van der Waals surface area contributed by atoms with Crippen LogP contribution in [-0.2, 0) is 4.79 Å². The summed E-state index contributed by atoms with van der Waals surface area (Å²) < 4.78 is 0. The smallest absolute Gasteiger partial charge is 0.219 e. The van der Waals surface area contributed by atoms with E-state index in [4.69, 9.17) is 0 Å². The number of carbonyl (C=O) groups is 1. The minimum Gasteiger partial charge on any atom is -0.343 e. The number of rotatable bonds is 2. The fourth-order valence-corrected chi connectivity index (χ4v) is 2.73. The number of hydrogen-bond donors (Lipinski definition) is 0. The first-order valence-corrected chi connectivity index (χ1v) is 7.08. The number of allylic oxidation sites excluding steroid dienone is 1. The maximum absolute atomic E-state index is 11.3. The minimum atomic E-state index is 0.206. The van der Waals surface area contributed by atoms with Crippen molar-refractivity contribution in [3.05, 3.63) is 41.0 Å². The van der Waals surface area contributed by atoms with Crippen molar-refractivity contribution in [2.75, 3.05) is 13.1 Å². The molecule has 1 aromatic carbocycles. The lowest BCUT2D eigenvalue weighted by Crippen LogP contribution is -2.36. The summed E-state index contributed by atoms with van der Waals surface area (Å²) >= 11 is 0. The van der Waals surface area contributed by atoms with E-state index >= 15 is 0 Å². The van der Waals surface area contributed by atoms with Crippen molar-refractivity contribution in [3.8, 4) is 0 Å². The number of nitrogens with zero attached hydrogens (tertiary/aromatic N) is 1. The molecule has 2 heteroatoms. The lowest BCUT2D eigenvalue weighted by molar-refractivity contribution is -0.129. The van der Waals surface area contributed by atoms with Gasteiger partial charge in [0, 0.05) is 20.0 Å². The van der Waals surface area contributed by atoms with E-state index in [1.54, 1.807) is 6.92 Å². The van der Waals surface area contributed by atoms with Crippen molar-refractivity contribution >= 4 is 12.0 Å². The molecule has 0 spiro atoms. The third-order valence-corrected chi connectivity index (χ3v) is 4.06. The summed E-state index contributed by atoms with van der Waals surface area (Å²) in [5.41, 5.74) is 4.01. The van der Waals surface area contributed by atoms with Crippen molar-refractivity contribution in [3.63, 3.8) is 0 Å². The lowest BCUT2D eigenvalue weighted by atomic mass is 9.94. The molecule has 2 nitrogen and oxygen atoms in total. The Hall–Kier alpha value is -1.57. The van der Waals surface area contributed by atoms with E-state index in [9.17, 15) is 4.79 Å². The van der Waals surface area contributed by atoms with Gasteiger partial charge in [-0.2, -0.15) is 0 Å². The molecule has 0 aromatic heterocycles. The summed E-state index contributed by atoms with van der Waals surface area (Å²) in [6, 6.07) is 6.42. The first-order chi connectivity index (χ1) is 9.08. The summed E-state index contributed by atoms with van der Waals surface area (Å²) in [6.45, 7) is 7.77. The van der Waals surface area contributed by atoms with Crippen LogP contribution in [0.3, 0.4) is 0 Å². The highest BCUT2D eigenvalue weighted by molar-refractivity contribution is 5.73. The SMILES string of the molecule is CC(=O)N1CCC(C=Cc2c(C)cccc2C)CC1. The van der Waals surface area contributed by atoms with Crippen LogP contribution in [0.2, 0.25) is 0 Å². The highest BCUT2D eigenvalue weighted by atomic mass is 16.2. The van der Waals surface area contributed by atoms with Gasteiger partial charge in [0.05, 0.1) is 0 Å². The number of likely N-dealkylation sites (tertiary alicyclic amines) is 1. The Morgan fingerprint density at radius 2 is 1.79 bits per heavy atom. The number of carbonyl (C=O) groups excluding carboxylic acids is 1. The second-order valence-electron chi connectivity index (χ2n) is 5.51. The molecule has 102 valence electrons. The third kappa shape index (κ3) is 3.46. The molecule has 1 aliphatic heterocycles. The zero-order valence-electron chi connectivity index (χ0n) is 12.1. The van der Waals surface area contributed by atoms with Crippen molar-refractivity contribution in [2.45, 2.75) is 33.6 Å². The first kappa shape index (κ1) is 13.9. The maximum Gasteiger partial charge on any atom is 0.219 e. The molecule has 1 saturated heterocycles. The summed E-state index contributed by atoms with van der Waals surface area (Å²) in [7, 11) is 0. The average molecular weight is 257 g/mol. The Morgan fingerprint density at radius 1 is 1.21 bits per heavy atom. The van der Waals surface area contributed by atoms with Crippen LogP contribution in [0.25, 0.3) is 6.08 Å². The van der Waals surface area contributed by atoms with E-state index in [0.717, 1.165) is 25.9 Å². The minimum absolute atomic E-state index is 0.206. The molecule has 1 aliphatic rings. The highest BCUT2D eigenvalue weighted by Crippen LogP contribution is 2.21. The van der Waals surface area contributed by atoms with Gasteiger partial charge >= 0.3 is 0 Å². The Kier molecular flexibility index (Phi) is 4.41. The van der Waals surface area contributed by atoms with E-state index < -0.39 is 0 Å². The third-order valence-electron chi connectivity index (χ3n) is 4.06. The van der Waals surface area contributed by atoms with Crippen molar-refractivity contribution < 1.29 is 4.79 Å². The standard InChI is InChI=1S/C17H23NO/c1-13-5-4-6-14(2)17(13)8-7-16-9-11-18(12-10-16)15(3)19/h4-8,16H,9-12H2,1-3H3. The zero-order valence-corrected chi connectivity index (χ0v) is 12.1. The monoisotopic (exact) mass is 257 g/mol. The molecule has 0 saturated carbocycles. The van der Waals surface area contributed by atoms with E-state index in [2.05, 4.69) is 44.2 Å². The summed E-state index contributed by atoms with van der Waals surface area (Å²) in [5.74, 6) is 0.812. The van der Waals surface area contributed by atoms with Gasteiger partial charge in [-0.05, 0) is 49.3 Å². The quantitative estimate of drug-likeness (QED) is 0.793. The Labute approximate surface area is 116 Å². The van der Waals surface area contributed by atoms with Crippen LogP contribution in [0.1, 0.15) is 36.5 Å². The zero-order chi connectivity index (χ0) is 13.8. The van der Waals surface area contributed by atoms with Gasteiger partial charge in [0.2, 0.25) is 5.91 Å². The highest BCUT2D eigenvalue weighted by Gasteiger charge is 2.18. The van der Waals surface area contributed by atoms with Crippen LogP contribution in [0.5, 0.6) is 0 Å². The Bertz CT molecular complexity index is 462. The van der Waals surface area contributed by atoms with Gasteiger partial charge < -0.3 is 4.90 Å². The molecule has 0 aliphatic carbocycles. The Morgan fingerprint density at radius 3 is 2.32 bits per heavy atom. The van der Waals surface area contributed by atoms with Gasteiger partial charge in [-0.15, -0.1) is 0 Å². The van der Waals surface area contributed by atoms with Crippen LogP contribution in [0, 0.1) is 19.8 Å². The lowest BCUT2D eigenvalue weighted by Gasteiger charge is -2.29. The molecule has 0 unspecified atom stereocenters. The van der Waals surface area contributed by atoms with Gasteiger partial charge in [0.1, 0.15) is 0 Å². The number of piperidine rings is 1. The molecule has 1 amide bonds. The number of hydrogen-bond acceptors (Lipinski definition) is 1. The van der Waals surface area contributed by atoms with E-state index in [1.807, 2.05) is 4.90 Å². The van der Waals surface area contributed by atoms with E-state index in [-0.39, 0.29) is 5.91 Å². The van der Waals surface area contributed by atoms with Gasteiger partial charge in [0.15, 0.2) is 0 Å². The summed E-state index contributed by atoms with van der Waals surface area (Å²) in [6.07, 6.45) is 6.76. The largest absolute Gasteiger partial charge is 0.343 e. The van der Waals surface area contributed by atoms with Crippen LogP contribution in [-0.4, -0.2) is 23.9 Å². The van der Waals surface area contributed by atoms with Crippen LogP contribution in [0.4, 0.5) is 0 Å². The summed E-state index contributed by atoms with van der Waals surface area (Å²) in [5, 5.41) is 0. The molecule has 0 atom stereocenters. The molecular formula is C17H23NO. The molecule has 1 fully saturated rings. The van der Waals surface area contributed by atoms with E-state index in [1.165, 1.54) is 16.7 Å². The van der Waals surface area contributed by atoms with Gasteiger partial charge in [0.25, 0.3) is 0 Å². The predicted molar refractivity (Wildman–Crippen MR) is 79.9 cm³/mol. The molecule has 0 radical (unpaired) electrons. The van der Waals surface area contributed by atoms with Gasteiger partial charge in [-0.3, -0.25) is 4.79 Å². The van der Waals surface area contributed by atoms with Gasteiger partial charge in [-0.25, -0.2) is 0 Å². The first-order valence-electron chi connectivity index (χ1n) is 7.08. The fourth-order valence-electron chi connectivity index (χ4n) is 2.73. The average Bonchev–Trinajstić information content (AvgIpc) is 2.38. The van der Waals surface area contributed by atoms with Crippen LogP contribution in [0.15, 0.2) is 24.3 Å². The molecule has 1 heterocycles. The topological polar surface area (TPSA) is 20.3 Å². The second kappa shape index (κ2) is 6.05. The molecule has 0 N–H and O–H groups in total. The fraction of sp³-hybridized carbons (Fsp3) is 0.471. The van der Waals surface area contributed by atoms with Crippen LogP contribution < -0.4 is 0 Å². The second-order valence-corrected chi connectivity index (χ2v) is 5.51. The number of aryl methyl sites for hydroxylation is 2. The molecule has 0 bridgehead atoms. The predicted octanol–water partition coefficient (Wildman–Crippen LogP) is 3.58. The molecule has 19 heavy (non-hydrogen) atoms. The number of benzene rings is 1. The molecule has 1 aromatic rings. The van der Waals surface area contributed by atoms with Gasteiger partial charge in [-0.1, -0.05) is 30.4 Å². The normalized spacial score (nSPS) is 17.1. The molecular weight excluding hydrogens is 234 g/mol. The maximum atomic E-state index is 11.3. The van der Waals surface area contributed by atoms with Crippen molar-refractivity contribution in [1.82, 2.24) is 4.90 Å². The Balaban J connectivity index is 1.99. The van der Waals surface area contributed by atoms with Crippen molar-refractivity contribution in [1.29, 1.82) is 0 Å². The number of amides is 1. The molecule has 2 rings (SSSR count). The van der Waals surface area contributed by atoms with E-state index in [0.29, 0.717) is 5.92 Å². The van der Waals surface area contributed by atoms with Crippen molar-refractivity contribution in [2.24, 2.45) is 5.92 Å².